The molecule has 3 N–H and O–H groups in total. The summed E-state index contributed by atoms with van der Waals surface area (Å²) in [6.07, 6.45) is -0.747. The van der Waals surface area contributed by atoms with Crippen molar-refractivity contribution in [3.8, 4) is 0 Å². The maximum absolute atomic E-state index is 12.9. The lowest BCUT2D eigenvalue weighted by Gasteiger charge is -2.27. The normalized spacial score (nSPS) is 26.0. The van der Waals surface area contributed by atoms with Gasteiger partial charge in [-0.15, -0.1) is 0 Å². The summed E-state index contributed by atoms with van der Waals surface area (Å²) >= 11 is 0. The highest BCUT2D eigenvalue weighted by Gasteiger charge is 2.49. The van der Waals surface area contributed by atoms with Gasteiger partial charge in [0.2, 0.25) is 0 Å². The standard InChI is InChI=1S/C18H25N3O4/c1-13-3-5-14(6-4-13)18(2)16(23)21(17(24)19-18)12-15(22)11-20-7-9-25-10-8-20/h3-6,15,22H,7-12H2,1-2H3,(H,19,24)/p+1/t15-,18-/m0/s1. The lowest BCUT2D eigenvalue weighted by Crippen LogP contribution is -3.15. The first kappa shape index (κ1) is 17.8. The predicted octanol–water partition coefficient (Wildman–Crippen LogP) is -0.962. The minimum Gasteiger partial charge on any atom is -0.385 e. The maximum atomic E-state index is 12.9. The molecule has 2 fully saturated rings. The predicted molar refractivity (Wildman–Crippen MR) is 91.2 cm³/mol. The molecule has 0 unspecified atom stereocenters. The van der Waals surface area contributed by atoms with Crippen molar-refractivity contribution in [3.05, 3.63) is 35.4 Å². The highest BCUT2D eigenvalue weighted by molar-refractivity contribution is 6.07. The van der Waals surface area contributed by atoms with E-state index in [0.29, 0.717) is 19.8 Å². The number of amides is 3. The van der Waals surface area contributed by atoms with Gasteiger partial charge in [0.05, 0.1) is 19.8 Å². The van der Waals surface area contributed by atoms with Crippen molar-refractivity contribution in [2.24, 2.45) is 0 Å². The van der Waals surface area contributed by atoms with Crippen molar-refractivity contribution in [2.75, 3.05) is 39.4 Å². The Bertz CT molecular complexity index is 642. The Morgan fingerprint density at radius 2 is 1.92 bits per heavy atom. The minimum atomic E-state index is -1.09. The van der Waals surface area contributed by atoms with Crippen molar-refractivity contribution >= 4 is 11.9 Å². The molecular weight excluding hydrogens is 322 g/mol. The Labute approximate surface area is 147 Å². The summed E-state index contributed by atoms with van der Waals surface area (Å²) in [4.78, 5) is 27.5. The molecule has 0 saturated carbocycles. The molecule has 1 aromatic rings. The zero-order valence-electron chi connectivity index (χ0n) is 14.7. The second-order valence-electron chi connectivity index (χ2n) is 7.06. The van der Waals surface area contributed by atoms with Gasteiger partial charge in [0.15, 0.2) is 0 Å². The molecule has 0 aromatic heterocycles. The molecule has 25 heavy (non-hydrogen) atoms. The molecule has 7 heteroatoms. The molecule has 0 spiro atoms. The van der Waals surface area contributed by atoms with Gasteiger partial charge in [-0.3, -0.25) is 9.69 Å². The molecular formula is C18H26N3O4+. The molecule has 2 aliphatic heterocycles. The van der Waals surface area contributed by atoms with Crippen molar-refractivity contribution in [2.45, 2.75) is 25.5 Å². The lowest BCUT2D eigenvalue weighted by atomic mass is 9.91. The molecule has 3 rings (SSSR count). The number of urea groups is 1. The van der Waals surface area contributed by atoms with Crippen LogP contribution in [0.3, 0.4) is 0 Å². The van der Waals surface area contributed by atoms with E-state index in [9.17, 15) is 14.7 Å². The van der Waals surface area contributed by atoms with Gasteiger partial charge in [-0.2, -0.15) is 0 Å². The molecule has 0 radical (unpaired) electrons. The number of aliphatic hydroxyl groups excluding tert-OH is 1. The highest BCUT2D eigenvalue weighted by atomic mass is 16.5. The van der Waals surface area contributed by atoms with E-state index in [1.54, 1.807) is 6.92 Å². The van der Waals surface area contributed by atoms with E-state index < -0.39 is 17.7 Å². The number of nitrogens with one attached hydrogen (secondary N) is 2. The number of β-amino-alcohol motifs (C(OH)–C–C–N with tert-alkyl or cyclic N) is 1. The summed E-state index contributed by atoms with van der Waals surface area (Å²) < 4.78 is 5.30. The molecule has 7 nitrogen and oxygen atoms in total. The first-order valence-corrected chi connectivity index (χ1v) is 8.71. The average molecular weight is 348 g/mol. The quantitative estimate of drug-likeness (QED) is 0.599. The molecule has 0 aliphatic carbocycles. The Morgan fingerprint density at radius 3 is 2.56 bits per heavy atom. The molecule has 2 atom stereocenters. The van der Waals surface area contributed by atoms with Crippen LogP contribution in [-0.2, 0) is 15.1 Å². The zero-order valence-corrected chi connectivity index (χ0v) is 14.7. The Kier molecular flexibility index (Phi) is 5.08. The molecule has 3 amide bonds. The number of imide groups is 1. The largest absolute Gasteiger partial charge is 0.385 e. The third kappa shape index (κ3) is 3.68. The van der Waals surface area contributed by atoms with Crippen LogP contribution in [0.25, 0.3) is 0 Å². The van der Waals surface area contributed by atoms with Crippen LogP contribution in [-0.4, -0.2) is 67.4 Å². The minimum absolute atomic E-state index is 0.0104. The number of hydrogen-bond acceptors (Lipinski definition) is 4. The van der Waals surface area contributed by atoms with Gasteiger partial charge in [0, 0.05) is 0 Å². The third-order valence-corrected chi connectivity index (χ3v) is 5.02. The SMILES string of the molecule is Cc1ccc([C@]2(C)NC(=O)N(C[C@@H](O)C[NH+]3CCOCC3)C2=O)cc1. The number of ether oxygens (including phenoxy) is 1. The van der Waals surface area contributed by atoms with Gasteiger partial charge in [-0.25, -0.2) is 4.79 Å². The summed E-state index contributed by atoms with van der Waals surface area (Å²) in [7, 11) is 0. The van der Waals surface area contributed by atoms with Crippen molar-refractivity contribution < 1.29 is 24.3 Å². The molecule has 136 valence electrons. The number of aliphatic hydroxyl groups is 1. The Morgan fingerprint density at radius 1 is 1.28 bits per heavy atom. The van der Waals surface area contributed by atoms with E-state index >= 15 is 0 Å². The van der Waals surface area contributed by atoms with E-state index in [-0.39, 0.29) is 12.5 Å². The fourth-order valence-electron chi connectivity index (χ4n) is 3.42. The Balaban J connectivity index is 1.67. The van der Waals surface area contributed by atoms with Crippen LogP contribution in [0.1, 0.15) is 18.1 Å². The topological polar surface area (TPSA) is 83.3 Å². The van der Waals surface area contributed by atoms with Gasteiger partial charge in [0.1, 0.15) is 31.3 Å². The molecule has 1 aromatic carbocycles. The smallest absolute Gasteiger partial charge is 0.325 e. The summed E-state index contributed by atoms with van der Waals surface area (Å²) in [6.45, 7) is 7.21. The second kappa shape index (κ2) is 7.11. The number of aryl methyl sites for hydroxylation is 1. The maximum Gasteiger partial charge on any atom is 0.325 e. The number of rotatable bonds is 5. The lowest BCUT2D eigenvalue weighted by molar-refractivity contribution is -0.910. The van der Waals surface area contributed by atoms with Crippen LogP contribution in [0.2, 0.25) is 0 Å². The molecule has 2 saturated heterocycles. The molecule has 2 aliphatic rings. The van der Waals surface area contributed by atoms with E-state index in [1.807, 2.05) is 31.2 Å². The number of benzene rings is 1. The van der Waals surface area contributed by atoms with Crippen molar-refractivity contribution in [1.82, 2.24) is 10.2 Å². The van der Waals surface area contributed by atoms with E-state index in [1.165, 1.54) is 4.90 Å². The summed E-state index contributed by atoms with van der Waals surface area (Å²) in [5.41, 5.74) is 0.744. The first-order valence-electron chi connectivity index (χ1n) is 8.71. The average Bonchev–Trinajstić information content (AvgIpc) is 2.80. The molecule has 2 heterocycles. The van der Waals surface area contributed by atoms with Crippen LogP contribution in [0.15, 0.2) is 24.3 Å². The van der Waals surface area contributed by atoms with Crippen LogP contribution in [0, 0.1) is 6.92 Å². The van der Waals surface area contributed by atoms with Gasteiger partial charge >= 0.3 is 6.03 Å². The highest BCUT2D eigenvalue weighted by Crippen LogP contribution is 2.29. The monoisotopic (exact) mass is 348 g/mol. The number of quaternary nitrogens is 1. The van der Waals surface area contributed by atoms with Gasteiger partial charge in [-0.1, -0.05) is 29.8 Å². The fraction of sp³-hybridized carbons (Fsp3) is 0.556. The number of morpholine rings is 1. The zero-order chi connectivity index (χ0) is 18.0. The van der Waals surface area contributed by atoms with Crippen LogP contribution < -0.4 is 10.2 Å². The summed E-state index contributed by atoms with van der Waals surface area (Å²) in [5, 5.41) is 13.1. The van der Waals surface area contributed by atoms with Crippen LogP contribution in [0.4, 0.5) is 4.79 Å². The van der Waals surface area contributed by atoms with Crippen LogP contribution in [0.5, 0.6) is 0 Å². The summed E-state index contributed by atoms with van der Waals surface area (Å²) in [6, 6.07) is 7.08. The van der Waals surface area contributed by atoms with E-state index in [2.05, 4.69) is 5.32 Å². The van der Waals surface area contributed by atoms with Gasteiger partial charge in [0.25, 0.3) is 5.91 Å². The first-order chi connectivity index (χ1) is 11.9. The third-order valence-electron chi connectivity index (χ3n) is 5.02. The number of carbonyl (C=O) groups excluding carboxylic acids is 2. The van der Waals surface area contributed by atoms with Crippen LogP contribution >= 0.6 is 0 Å². The fourth-order valence-corrected chi connectivity index (χ4v) is 3.42. The number of carbonyl (C=O) groups is 2. The number of nitrogens with zero attached hydrogens (tertiary/aromatic N) is 1. The van der Waals surface area contributed by atoms with E-state index in [4.69, 9.17) is 4.74 Å². The summed E-state index contributed by atoms with van der Waals surface area (Å²) in [5.74, 6) is -0.322. The Hall–Kier alpha value is -1.96. The van der Waals surface area contributed by atoms with E-state index in [0.717, 1.165) is 29.1 Å². The second-order valence-corrected chi connectivity index (χ2v) is 7.06. The van der Waals surface area contributed by atoms with Gasteiger partial charge < -0.3 is 20.1 Å². The van der Waals surface area contributed by atoms with Gasteiger partial charge in [-0.05, 0) is 19.4 Å². The van der Waals surface area contributed by atoms with Crippen molar-refractivity contribution in [1.29, 1.82) is 0 Å². The molecule has 0 bridgehead atoms. The van der Waals surface area contributed by atoms with Crippen molar-refractivity contribution in [3.63, 3.8) is 0 Å². The number of hydrogen-bond donors (Lipinski definition) is 3.